The topological polar surface area (TPSA) is 43.4 Å². The van der Waals surface area contributed by atoms with E-state index in [9.17, 15) is 9.59 Å². The fourth-order valence-corrected chi connectivity index (χ4v) is 7.15. The molecule has 5 heteroatoms. The second kappa shape index (κ2) is 6.19. The van der Waals surface area contributed by atoms with Crippen LogP contribution in [0.3, 0.4) is 0 Å². The van der Waals surface area contributed by atoms with Crippen molar-refractivity contribution in [3.8, 4) is 5.75 Å². The first-order valence-electron chi connectivity index (χ1n) is 9.05. The van der Waals surface area contributed by atoms with Gasteiger partial charge in [-0.3, -0.25) is 9.59 Å². The highest BCUT2D eigenvalue weighted by atomic mass is 79.9. The molecule has 3 aliphatic rings. The number of halogens is 2. The van der Waals surface area contributed by atoms with E-state index in [0.717, 1.165) is 47.5 Å². The summed E-state index contributed by atoms with van der Waals surface area (Å²) >= 11 is 7.26. The van der Waals surface area contributed by atoms with Gasteiger partial charge in [0.25, 0.3) is 0 Å². The number of carbonyl (C=O) groups is 2. The standard InChI is InChI=1S/C20H22Br2O3/c1-10(23)25-19-16(21)9-14-11-7-8-20(2)15(5-6-17(20)24)12(11)3-4-13(14)18(19)22/h9,11-12,15H,3-8H2,1-2H3/t11-,12-,15+,20-/m1/s1. The lowest BCUT2D eigenvalue weighted by atomic mass is 9.55. The number of carbonyl (C=O) groups excluding carboxylic acids is 2. The van der Waals surface area contributed by atoms with Crippen LogP contribution < -0.4 is 4.74 Å². The summed E-state index contributed by atoms with van der Waals surface area (Å²) in [7, 11) is 0. The molecule has 0 aliphatic heterocycles. The molecule has 0 aromatic heterocycles. The Bertz CT molecular complexity index is 773. The lowest BCUT2D eigenvalue weighted by Crippen LogP contribution is -2.42. The molecule has 134 valence electrons. The molecule has 1 aromatic rings. The molecular formula is C20H22Br2O3. The number of ether oxygens (including phenoxy) is 1. The van der Waals surface area contributed by atoms with Crippen LogP contribution in [0.4, 0.5) is 0 Å². The van der Waals surface area contributed by atoms with E-state index in [1.165, 1.54) is 18.1 Å². The van der Waals surface area contributed by atoms with E-state index < -0.39 is 0 Å². The number of benzene rings is 1. The van der Waals surface area contributed by atoms with Gasteiger partial charge in [-0.05, 0) is 98.9 Å². The van der Waals surface area contributed by atoms with Gasteiger partial charge < -0.3 is 4.74 Å². The van der Waals surface area contributed by atoms with Gasteiger partial charge in [-0.25, -0.2) is 0 Å². The van der Waals surface area contributed by atoms with Gasteiger partial charge in [0.15, 0.2) is 5.75 Å². The van der Waals surface area contributed by atoms with Crippen molar-refractivity contribution in [3.63, 3.8) is 0 Å². The smallest absolute Gasteiger partial charge is 0.308 e. The largest absolute Gasteiger partial charge is 0.424 e. The minimum absolute atomic E-state index is 0.0924. The highest BCUT2D eigenvalue weighted by Crippen LogP contribution is 2.60. The molecule has 0 heterocycles. The number of Topliss-reactive ketones (excluding diaryl/α,β-unsaturated/α-hetero) is 1. The number of ketones is 1. The zero-order chi connectivity index (χ0) is 17.9. The lowest BCUT2D eigenvalue weighted by Gasteiger charge is -2.48. The van der Waals surface area contributed by atoms with Crippen LogP contribution in [0.15, 0.2) is 15.0 Å². The average Bonchev–Trinajstić information content (AvgIpc) is 2.86. The summed E-state index contributed by atoms with van der Waals surface area (Å²) in [5.41, 5.74) is 2.55. The predicted molar refractivity (Wildman–Crippen MR) is 103 cm³/mol. The highest BCUT2D eigenvalue weighted by Gasteiger charge is 2.54. The lowest BCUT2D eigenvalue weighted by molar-refractivity contribution is -0.132. The van der Waals surface area contributed by atoms with Crippen LogP contribution >= 0.6 is 31.9 Å². The third-order valence-electron chi connectivity index (χ3n) is 6.83. The maximum absolute atomic E-state index is 12.4. The second-order valence-electron chi connectivity index (χ2n) is 8.00. The van der Waals surface area contributed by atoms with E-state index in [1.54, 1.807) is 0 Å². The van der Waals surface area contributed by atoms with Crippen molar-refractivity contribution in [2.75, 3.05) is 0 Å². The first-order valence-corrected chi connectivity index (χ1v) is 10.6. The summed E-state index contributed by atoms with van der Waals surface area (Å²) in [6, 6.07) is 2.15. The van der Waals surface area contributed by atoms with E-state index >= 15 is 0 Å². The first kappa shape index (κ1) is 17.7. The predicted octanol–water partition coefficient (Wildman–Crippen LogP) is 5.56. The van der Waals surface area contributed by atoms with Crippen LogP contribution in [0.5, 0.6) is 5.75 Å². The zero-order valence-electron chi connectivity index (χ0n) is 14.5. The van der Waals surface area contributed by atoms with Crippen LogP contribution in [0.25, 0.3) is 0 Å². The number of esters is 1. The van der Waals surface area contributed by atoms with Crippen LogP contribution in [0, 0.1) is 17.3 Å². The molecule has 0 amide bonds. The van der Waals surface area contributed by atoms with Gasteiger partial charge in [0.1, 0.15) is 5.78 Å². The van der Waals surface area contributed by atoms with Crippen LogP contribution in [0.2, 0.25) is 0 Å². The Labute approximate surface area is 165 Å². The summed E-state index contributed by atoms with van der Waals surface area (Å²) < 4.78 is 7.13. The molecular weight excluding hydrogens is 448 g/mol. The third-order valence-corrected chi connectivity index (χ3v) is 8.26. The first-order chi connectivity index (χ1) is 11.8. The van der Waals surface area contributed by atoms with Crippen molar-refractivity contribution >= 4 is 43.6 Å². The highest BCUT2D eigenvalue weighted by molar-refractivity contribution is 9.11. The molecule has 1 aromatic carbocycles. The number of hydrogen-bond acceptors (Lipinski definition) is 3. The van der Waals surface area contributed by atoms with Gasteiger partial charge in [0.2, 0.25) is 0 Å². The van der Waals surface area contributed by atoms with Gasteiger partial charge in [-0.2, -0.15) is 0 Å². The van der Waals surface area contributed by atoms with Gasteiger partial charge in [-0.1, -0.05) is 6.92 Å². The normalized spacial score (nSPS) is 33.4. The van der Waals surface area contributed by atoms with Gasteiger partial charge in [0.05, 0.1) is 8.95 Å². The Balaban J connectivity index is 1.74. The molecule has 0 bridgehead atoms. The van der Waals surface area contributed by atoms with E-state index in [-0.39, 0.29) is 11.4 Å². The van der Waals surface area contributed by atoms with Gasteiger partial charge in [-0.15, -0.1) is 0 Å². The summed E-state index contributed by atoms with van der Waals surface area (Å²) in [5, 5.41) is 0. The molecule has 0 radical (unpaired) electrons. The summed E-state index contributed by atoms with van der Waals surface area (Å²) in [6.45, 7) is 3.63. The summed E-state index contributed by atoms with van der Waals surface area (Å²) in [4.78, 5) is 23.9. The summed E-state index contributed by atoms with van der Waals surface area (Å²) in [5.74, 6) is 2.38. The molecule has 4 rings (SSSR count). The second-order valence-corrected chi connectivity index (χ2v) is 9.64. The molecule has 0 N–H and O–H groups in total. The Morgan fingerprint density at radius 2 is 2.00 bits per heavy atom. The average molecular weight is 470 g/mol. The van der Waals surface area contributed by atoms with Crippen LogP contribution in [-0.2, 0) is 16.0 Å². The Morgan fingerprint density at radius 1 is 1.24 bits per heavy atom. The summed E-state index contributed by atoms with van der Waals surface area (Å²) in [6.07, 6.45) is 5.97. The van der Waals surface area contributed by atoms with E-state index in [0.29, 0.717) is 29.3 Å². The molecule has 0 saturated heterocycles. The maximum Gasteiger partial charge on any atom is 0.308 e. The van der Waals surface area contributed by atoms with Crippen molar-refractivity contribution in [1.29, 1.82) is 0 Å². The molecule has 2 saturated carbocycles. The maximum atomic E-state index is 12.4. The molecule has 0 spiro atoms. The quantitative estimate of drug-likeness (QED) is 0.399. The fraction of sp³-hybridized carbons (Fsp3) is 0.600. The third kappa shape index (κ3) is 2.64. The monoisotopic (exact) mass is 468 g/mol. The van der Waals surface area contributed by atoms with Crippen molar-refractivity contribution in [3.05, 3.63) is 26.1 Å². The molecule has 0 unspecified atom stereocenters. The Hall–Kier alpha value is -0.680. The Morgan fingerprint density at radius 3 is 2.72 bits per heavy atom. The molecule has 4 atom stereocenters. The molecule has 3 nitrogen and oxygen atoms in total. The minimum atomic E-state index is -0.312. The Kier molecular flexibility index (Phi) is 4.39. The minimum Gasteiger partial charge on any atom is -0.424 e. The number of fused-ring (bicyclic) bond motifs is 5. The van der Waals surface area contributed by atoms with Gasteiger partial charge >= 0.3 is 5.97 Å². The van der Waals surface area contributed by atoms with Crippen molar-refractivity contribution in [1.82, 2.24) is 0 Å². The molecule has 25 heavy (non-hydrogen) atoms. The van der Waals surface area contributed by atoms with Crippen molar-refractivity contribution in [2.24, 2.45) is 17.3 Å². The zero-order valence-corrected chi connectivity index (χ0v) is 17.7. The number of rotatable bonds is 1. The van der Waals surface area contributed by atoms with E-state index in [1.807, 2.05) is 0 Å². The molecule has 2 fully saturated rings. The van der Waals surface area contributed by atoms with E-state index in [4.69, 9.17) is 4.74 Å². The van der Waals surface area contributed by atoms with E-state index in [2.05, 4.69) is 44.8 Å². The molecule has 3 aliphatic carbocycles. The van der Waals surface area contributed by atoms with Crippen molar-refractivity contribution < 1.29 is 14.3 Å². The van der Waals surface area contributed by atoms with Crippen LogP contribution in [-0.4, -0.2) is 11.8 Å². The fourth-order valence-electron chi connectivity index (χ4n) is 5.64. The SMILES string of the molecule is CC(=O)Oc1c(Br)cc2c(c1Br)CC[C@@H]1[C@H]2CC[C@@]2(C)C(=O)CC[C@@H]12. The van der Waals surface area contributed by atoms with Crippen molar-refractivity contribution in [2.45, 2.75) is 58.3 Å². The van der Waals surface area contributed by atoms with Crippen LogP contribution in [0.1, 0.15) is 63.0 Å². The number of hydrogen-bond donors (Lipinski definition) is 0. The van der Waals surface area contributed by atoms with Gasteiger partial charge in [0, 0.05) is 18.8 Å².